The van der Waals surface area contributed by atoms with Gasteiger partial charge in [0.1, 0.15) is 5.75 Å². The lowest BCUT2D eigenvalue weighted by atomic mass is 10.3. The van der Waals surface area contributed by atoms with E-state index in [0.717, 1.165) is 0 Å². The van der Waals surface area contributed by atoms with Gasteiger partial charge in [-0.25, -0.2) is 8.42 Å². The van der Waals surface area contributed by atoms with E-state index in [-0.39, 0.29) is 36.4 Å². The fourth-order valence-corrected chi connectivity index (χ4v) is 4.42. The van der Waals surface area contributed by atoms with Crippen LogP contribution in [-0.4, -0.2) is 62.2 Å². The Morgan fingerprint density at radius 1 is 0.966 bits per heavy atom. The fourth-order valence-electron chi connectivity index (χ4n) is 2.99. The van der Waals surface area contributed by atoms with Gasteiger partial charge in [-0.2, -0.15) is 4.31 Å². The number of anilines is 1. The second kappa shape index (κ2) is 9.06. The maximum absolute atomic E-state index is 12.8. The van der Waals surface area contributed by atoms with E-state index >= 15 is 0 Å². The van der Waals surface area contributed by atoms with Crippen molar-refractivity contribution in [2.75, 3.05) is 38.1 Å². The molecular formula is C20H23N3O5S. The lowest BCUT2D eigenvalue weighted by molar-refractivity contribution is -0.134. The first-order chi connectivity index (χ1) is 13.9. The first-order valence-electron chi connectivity index (χ1n) is 9.20. The molecule has 29 heavy (non-hydrogen) atoms. The lowest BCUT2D eigenvalue weighted by Crippen LogP contribution is -2.51. The van der Waals surface area contributed by atoms with Gasteiger partial charge < -0.3 is 15.0 Å². The summed E-state index contributed by atoms with van der Waals surface area (Å²) in [5, 5.41) is 2.60. The Labute approximate surface area is 170 Å². The molecule has 9 heteroatoms. The molecule has 2 aromatic carbocycles. The van der Waals surface area contributed by atoms with Crippen LogP contribution in [0.3, 0.4) is 0 Å². The summed E-state index contributed by atoms with van der Waals surface area (Å²) in [4.78, 5) is 25.2. The number of nitrogens with zero attached hydrogens (tertiary/aromatic N) is 2. The molecule has 154 valence electrons. The number of amides is 2. The van der Waals surface area contributed by atoms with Gasteiger partial charge in [0.2, 0.25) is 15.9 Å². The zero-order valence-corrected chi connectivity index (χ0v) is 16.9. The molecule has 0 radical (unpaired) electrons. The van der Waals surface area contributed by atoms with E-state index in [1.165, 1.54) is 23.4 Å². The van der Waals surface area contributed by atoms with E-state index in [1.54, 1.807) is 29.2 Å². The van der Waals surface area contributed by atoms with Crippen molar-refractivity contribution in [2.24, 2.45) is 0 Å². The topological polar surface area (TPSA) is 96.0 Å². The number of carbonyl (C=O) groups is 2. The van der Waals surface area contributed by atoms with E-state index in [4.69, 9.17) is 4.74 Å². The Kier molecular flexibility index (Phi) is 6.50. The van der Waals surface area contributed by atoms with Crippen molar-refractivity contribution < 1.29 is 22.7 Å². The highest BCUT2D eigenvalue weighted by Gasteiger charge is 2.30. The summed E-state index contributed by atoms with van der Waals surface area (Å²) in [6.45, 7) is 2.35. The Morgan fingerprint density at radius 3 is 2.17 bits per heavy atom. The molecular weight excluding hydrogens is 394 g/mol. The first-order valence-corrected chi connectivity index (χ1v) is 10.6. The van der Waals surface area contributed by atoms with Gasteiger partial charge >= 0.3 is 0 Å². The number of benzene rings is 2. The number of hydrogen-bond acceptors (Lipinski definition) is 5. The summed E-state index contributed by atoms with van der Waals surface area (Å²) in [5.41, 5.74) is 0.533. The number of rotatable bonds is 6. The molecule has 0 atom stereocenters. The van der Waals surface area contributed by atoms with E-state index < -0.39 is 10.0 Å². The van der Waals surface area contributed by atoms with E-state index in [0.29, 0.717) is 24.5 Å². The third kappa shape index (κ3) is 5.33. The summed E-state index contributed by atoms with van der Waals surface area (Å²) in [5.74, 6) is 0.216. The predicted molar refractivity (Wildman–Crippen MR) is 108 cm³/mol. The quantitative estimate of drug-likeness (QED) is 0.770. The molecule has 1 aliphatic heterocycles. The summed E-state index contributed by atoms with van der Waals surface area (Å²) in [6, 6.07) is 15.1. The highest BCUT2D eigenvalue weighted by Crippen LogP contribution is 2.20. The first kappa shape index (κ1) is 20.8. The number of para-hydroxylation sites is 1. The molecule has 0 aromatic heterocycles. The molecule has 1 N–H and O–H groups in total. The molecule has 1 heterocycles. The van der Waals surface area contributed by atoms with Gasteiger partial charge in [0.05, 0.1) is 4.90 Å². The lowest BCUT2D eigenvalue weighted by Gasteiger charge is -2.34. The highest BCUT2D eigenvalue weighted by molar-refractivity contribution is 7.89. The molecule has 8 nitrogen and oxygen atoms in total. The molecule has 0 saturated carbocycles. The van der Waals surface area contributed by atoms with Gasteiger partial charge in [-0.1, -0.05) is 18.2 Å². The second-order valence-corrected chi connectivity index (χ2v) is 8.53. The minimum atomic E-state index is -3.66. The third-order valence-corrected chi connectivity index (χ3v) is 6.42. The van der Waals surface area contributed by atoms with Crippen LogP contribution in [0.5, 0.6) is 5.75 Å². The average Bonchev–Trinajstić information content (AvgIpc) is 2.73. The monoisotopic (exact) mass is 417 g/mol. The number of sulfonamides is 1. The van der Waals surface area contributed by atoms with Crippen LogP contribution in [0.2, 0.25) is 0 Å². The van der Waals surface area contributed by atoms with Crippen molar-refractivity contribution in [1.82, 2.24) is 9.21 Å². The fraction of sp³-hybridized carbons (Fsp3) is 0.300. The van der Waals surface area contributed by atoms with Crippen LogP contribution in [0.15, 0.2) is 59.5 Å². The van der Waals surface area contributed by atoms with Gasteiger partial charge in [-0.05, 0) is 36.4 Å². The standard InChI is InChI=1S/C20H23N3O5S/c1-16(24)21-17-7-9-19(10-8-17)29(26,27)23-13-11-22(12-14-23)20(25)15-28-18-5-3-2-4-6-18/h2-10H,11-15H2,1H3,(H,21,24). The summed E-state index contributed by atoms with van der Waals surface area (Å²) >= 11 is 0. The van der Waals surface area contributed by atoms with Gasteiger partial charge in [-0.15, -0.1) is 0 Å². The van der Waals surface area contributed by atoms with Crippen molar-refractivity contribution >= 4 is 27.5 Å². The Bertz CT molecular complexity index is 953. The molecule has 0 unspecified atom stereocenters. The average molecular weight is 417 g/mol. The number of ether oxygens (including phenoxy) is 1. The van der Waals surface area contributed by atoms with Gasteiger partial charge in [0.15, 0.2) is 6.61 Å². The van der Waals surface area contributed by atoms with Gasteiger partial charge in [-0.3, -0.25) is 9.59 Å². The van der Waals surface area contributed by atoms with E-state index in [9.17, 15) is 18.0 Å². The molecule has 1 saturated heterocycles. The minimum absolute atomic E-state index is 0.0820. The van der Waals surface area contributed by atoms with Gasteiger partial charge in [0.25, 0.3) is 5.91 Å². The van der Waals surface area contributed by atoms with Crippen molar-refractivity contribution in [3.05, 3.63) is 54.6 Å². The molecule has 2 amide bonds. The van der Waals surface area contributed by atoms with Crippen LogP contribution in [0.1, 0.15) is 6.92 Å². The smallest absolute Gasteiger partial charge is 0.260 e. The van der Waals surface area contributed by atoms with Crippen LogP contribution in [0, 0.1) is 0 Å². The van der Waals surface area contributed by atoms with Crippen LogP contribution < -0.4 is 10.1 Å². The van der Waals surface area contributed by atoms with Crippen LogP contribution >= 0.6 is 0 Å². The normalized spacial score (nSPS) is 15.0. The number of nitrogens with one attached hydrogen (secondary N) is 1. The summed E-state index contributed by atoms with van der Waals surface area (Å²) < 4.78 is 32.5. The number of hydrogen-bond donors (Lipinski definition) is 1. The molecule has 1 aliphatic rings. The molecule has 0 bridgehead atoms. The number of carbonyl (C=O) groups excluding carboxylic acids is 2. The van der Waals surface area contributed by atoms with Crippen LogP contribution in [0.4, 0.5) is 5.69 Å². The molecule has 2 aromatic rings. The van der Waals surface area contributed by atoms with Crippen molar-refractivity contribution in [2.45, 2.75) is 11.8 Å². The van der Waals surface area contributed by atoms with Crippen LogP contribution in [-0.2, 0) is 19.6 Å². The van der Waals surface area contributed by atoms with Crippen LogP contribution in [0.25, 0.3) is 0 Å². The van der Waals surface area contributed by atoms with Crippen molar-refractivity contribution in [3.63, 3.8) is 0 Å². The largest absolute Gasteiger partial charge is 0.484 e. The maximum Gasteiger partial charge on any atom is 0.260 e. The van der Waals surface area contributed by atoms with Crippen molar-refractivity contribution in [3.8, 4) is 5.75 Å². The van der Waals surface area contributed by atoms with Crippen molar-refractivity contribution in [1.29, 1.82) is 0 Å². The zero-order chi connectivity index (χ0) is 20.9. The molecule has 1 fully saturated rings. The summed E-state index contributed by atoms with van der Waals surface area (Å²) in [6.07, 6.45) is 0. The molecule has 3 rings (SSSR count). The molecule has 0 spiro atoms. The predicted octanol–water partition coefficient (Wildman–Crippen LogP) is 1.56. The zero-order valence-electron chi connectivity index (χ0n) is 16.1. The highest BCUT2D eigenvalue weighted by atomic mass is 32.2. The Hall–Kier alpha value is -2.91. The number of piperazine rings is 1. The SMILES string of the molecule is CC(=O)Nc1ccc(S(=O)(=O)N2CCN(C(=O)COc3ccccc3)CC2)cc1. The second-order valence-electron chi connectivity index (χ2n) is 6.59. The van der Waals surface area contributed by atoms with Gasteiger partial charge in [0, 0.05) is 38.8 Å². The third-order valence-electron chi connectivity index (χ3n) is 4.51. The summed E-state index contributed by atoms with van der Waals surface area (Å²) in [7, 11) is -3.66. The molecule has 0 aliphatic carbocycles. The van der Waals surface area contributed by atoms with E-state index in [2.05, 4.69) is 5.32 Å². The minimum Gasteiger partial charge on any atom is -0.484 e. The Morgan fingerprint density at radius 2 is 1.59 bits per heavy atom. The maximum atomic E-state index is 12.8. The Balaban J connectivity index is 1.55. The van der Waals surface area contributed by atoms with E-state index in [1.807, 2.05) is 18.2 Å².